The van der Waals surface area contributed by atoms with E-state index in [-0.39, 0.29) is 36.0 Å². The maximum absolute atomic E-state index is 12.4. The minimum Gasteiger partial charge on any atom is -0.459 e. The van der Waals surface area contributed by atoms with Crippen LogP contribution in [0, 0.1) is 5.92 Å². The van der Waals surface area contributed by atoms with Gasteiger partial charge in [0.15, 0.2) is 5.78 Å². The number of methoxy groups -OCH3 is 1. The van der Waals surface area contributed by atoms with Gasteiger partial charge in [-0.1, -0.05) is 23.8 Å². The molecule has 3 aliphatic rings. The molecule has 0 saturated carbocycles. The van der Waals surface area contributed by atoms with Crippen molar-refractivity contribution in [3.8, 4) is 0 Å². The molecule has 0 radical (unpaired) electrons. The lowest BCUT2D eigenvalue weighted by molar-refractivity contribution is -0.143. The monoisotopic (exact) mass is 492 g/mol. The number of aliphatic hydroxyl groups is 1. The zero-order valence-corrected chi connectivity index (χ0v) is 21.3. The second-order valence-corrected chi connectivity index (χ2v) is 9.86. The van der Waals surface area contributed by atoms with Crippen molar-refractivity contribution in [1.82, 2.24) is 0 Å². The van der Waals surface area contributed by atoms with Gasteiger partial charge in [0, 0.05) is 26.9 Å². The highest BCUT2D eigenvalue weighted by molar-refractivity contribution is 5.89. The Hall–Kier alpha value is -1.84. The zero-order valence-electron chi connectivity index (χ0n) is 21.3. The van der Waals surface area contributed by atoms with Crippen LogP contribution in [0.4, 0.5) is 0 Å². The first-order valence-electron chi connectivity index (χ1n) is 12.5. The van der Waals surface area contributed by atoms with Crippen LogP contribution < -0.4 is 0 Å². The Balaban J connectivity index is 1.47. The van der Waals surface area contributed by atoms with Crippen molar-refractivity contribution in [2.24, 2.45) is 5.92 Å². The molecule has 0 aliphatic carbocycles. The topological polar surface area (TPSA) is 104 Å². The molecule has 35 heavy (non-hydrogen) atoms. The first-order chi connectivity index (χ1) is 16.7. The van der Waals surface area contributed by atoms with E-state index in [0.717, 1.165) is 31.3 Å². The van der Waals surface area contributed by atoms with Crippen molar-refractivity contribution in [1.29, 1.82) is 0 Å². The number of allylic oxidation sites excluding steroid dienone is 3. The predicted octanol–water partition coefficient (Wildman–Crippen LogP) is 3.08. The van der Waals surface area contributed by atoms with Crippen molar-refractivity contribution in [2.75, 3.05) is 26.9 Å². The summed E-state index contributed by atoms with van der Waals surface area (Å²) in [6, 6.07) is 0. The molecule has 7 atom stereocenters. The Kier molecular flexibility index (Phi) is 10.2. The molecule has 3 heterocycles. The quantitative estimate of drug-likeness (QED) is 0.203. The van der Waals surface area contributed by atoms with E-state index in [1.54, 1.807) is 20.1 Å². The molecule has 196 valence electrons. The number of rotatable bonds is 11. The van der Waals surface area contributed by atoms with Crippen LogP contribution in [-0.4, -0.2) is 79.9 Å². The van der Waals surface area contributed by atoms with E-state index in [1.807, 2.05) is 19.1 Å². The molecule has 0 aromatic carbocycles. The average Bonchev–Trinajstić information content (AvgIpc) is 3.59. The van der Waals surface area contributed by atoms with E-state index in [4.69, 9.17) is 23.7 Å². The van der Waals surface area contributed by atoms with Gasteiger partial charge in [-0.25, -0.2) is 0 Å². The van der Waals surface area contributed by atoms with E-state index in [2.05, 4.69) is 6.08 Å². The van der Waals surface area contributed by atoms with Gasteiger partial charge in [0.25, 0.3) is 0 Å². The molecule has 8 nitrogen and oxygen atoms in total. The molecule has 3 rings (SSSR count). The van der Waals surface area contributed by atoms with Crippen LogP contribution in [0.25, 0.3) is 0 Å². The van der Waals surface area contributed by atoms with Gasteiger partial charge in [-0.2, -0.15) is 0 Å². The van der Waals surface area contributed by atoms with Gasteiger partial charge in [-0.15, -0.1) is 0 Å². The Bertz CT molecular complexity index is 812. The lowest BCUT2D eigenvalue weighted by Crippen LogP contribution is -2.46. The van der Waals surface area contributed by atoms with Crippen LogP contribution >= 0.6 is 0 Å². The molecule has 0 aromatic heterocycles. The summed E-state index contributed by atoms with van der Waals surface area (Å²) < 4.78 is 27.8. The van der Waals surface area contributed by atoms with Crippen LogP contribution in [0.3, 0.4) is 0 Å². The summed E-state index contributed by atoms with van der Waals surface area (Å²) in [4.78, 5) is 23.4. The molecule has 0 bridgehead atoms. The first kappa shape index (κ1) is 27.7. The lowest BCUT2D eigenvalue weighted by Gasteiger charge is -2.35. The molecule has 1 spiro atoms. The summed E-state index contributed by atoms with van der Waals surface area (Å²) in [6.07, 6.45) is 11.2. The molecular formula is C27H40O8. The SMILES string of the molecule is COC[C@H]1O[C@@H](C/C=C(C)/C=C/C2OCC[C@@]3(CO3)[C@@H]2O)CC[C@H]1CC(=O)/C=C\[C@H](C)OC(C)=O. The summed E-state index contributed by atoms with van der Waals surface area (Å²) in [7, 11) is 1.64. The maximum Gasteiger partial charge on any atom is 0.303 e. The molecular weight excluding hydrogens is 452 g/mol. The fourth-order valence-corrected chi connectivity index (χ4v) is 4.74. The number of hydrogen-bond acceptors (Lipinski definition) is 8. The molecule has 3 fully saturated rings. The Morgan fingerprint density at radius 2 is 2.00 bits per heavy atom. The first-order valence-corrected chi connectivity index (χ1v) is 12.5. The van der Waals surface area contributed by atoms with Crippen molar-refractivity contribution < 1.29 is 38.4 Å². The third-order valence-corrected chi connectivity index (χ3v) is 6.90. The summed E-state index contributed by atoms with van der Waals surface area (Å²) in [5.74, 6) is -0.301. The van der Waals surface area contributed by atoms with Crippen LogP contribution in [0.5, 0.6) is 0 Å². The van der Waals surface area contributed by atoms with Gasteiger partial charge in [-0.05, 0) is 51.2 Å². The molecule has 3 saturated heterocycles. The standard InChI is InChI=1S/C27H40O8/c1-18(6-12-24-26(30)27(17-33-27)13-14-32-24)5-10-23-11-8-21(25(35-23)16-31-4)15-22(29)9-7-19(2)34-20(3)28/h5-7,9,12,19,21,23-26,30H,8,10-11,13-17H2,1-4H3/b9-7-,12-6+,18-5+/t19-,21-,23-,24?,25+,26+,27+/m0/s1. The lowest BCUT2D eigenvalue weighted by atomic mass is 9.86. The molecule has 1 unspecified atom stereocenters. The fourth-order valence-electron chi connectivity index (χ4n) is 4.74. The van der Waals surface area contributed by atoms with E-state index in [1.165, 1.54) is 13.0 Å². The van der Waals surface area contributed by atoms with E-state index in [0.29, 0.717) is 26.2 Å². The zero-order chi connectivity index (χ0) is 25.4. The number of aliphatic hydroxyl groups excluding tert-OH is 1. The fraction of sp³-hybridized carbons (Fsp3) is 0.704. The number of carbonyl (C=O) groups excluding carboxylic acids is 2. The normalized spacial score (nSPS) is 34.4. The molecule has 0 aromatic rings. The molecule has 1 N–H and O–H groups in total. The molecule has 0 amide bonds. The smallest absolute Gasteiger partial charge is 0.303 e. The van der Waals surface area contributed by atoms with Gasteiger partial charge < -0.3 is 28.8 Å². The van der Waals surface area contributed by atoms with Crippen molar-refractivity contribution in [3.63, 3.8) is 0 Å². The minimum absolute atomic E-state index is 0.0106. The third-order valence-electron chi connectivity index (χ3n) is 6.90. The molecule has 8 heteroatoms. The number of carbonyl (C=O) groups is 2. The van der Waals surface area contributed by atoms with Gasteiger partial charge in [0.1, 0.15) is 23.9 Å². The Labute approximate surface area is 208 Å². The second-order valence-electron chi connectivity index (χ2n) is 9.86. The second kappa shape index (κ2) is 12.9. The number of esters is 1. The highest BCUT2D eigenvalue weighted by Crippen LogP contribution is 2.40. The van der Waals surface area contributed by atoms with Crippen LogP contribution in [0.1, 0.15) is 52.9 Å². The molecule has 3 aliphatic heterocycles. The number of ether oxygens (including phenoxy) is 5. The Morgan fingerprint density at radius 1 is 1.23 bits per heavy atom. The highest BCUT2D eigenvalue weighted by atomic mass is 16.6. The minimum atomic E-state index is -0.629. The van der Waals surface area contributed by atoms with Crippen molar-refractivity contribution >= 4 is 11.8 Å². The summed E-state index contributed by atoms with van der Waals surface area (Å²) >= 11 is 0. The largest absolute Gasteiger partial charge is 0.459 e. The van der Waals surface area contributed by atoms with E-state index >= 15 is 0 Å². The predicted molar refractivity (Wildman–Crippen MR) is 130 cm³/mol. The Morgan fingerprint density at radius 3 is 2.69 bits per heavy atom. The van der Waals surface area contributed by atoms with Gasteiger partial charge >= 0.3 is 5.97 Å². The summed E-state index contributed by atoms with van der Waals surface area (Å²) in [6.45, 7) is 6.73. The third kappa shape index (κ3) is 8.36. The number of ketones is 1. The van der Waals surface area contributed by atoms with Crippen LogP contribution in [0.15, 0.2) is 36.0 Å². The van der Waals surface area contributed by atoms with Crippen LogP contribution in [0.2, 0.25) is 0 Å². The van der Waals surface area contributed by atoms with E-state index < -0.39 is 17.8 Å². The van der Waals surface area contributed by atoms with Gasteiger partial charge in [0.05, 0.1) is 32.0 Å². The summed E-state index contributed by atoms with van der Waals surface area (Å²) in [5, 5.41) is 10.5. The summed E-state index contributed by atoms with van der Waals surface area (Å²) in [5.41, 5.74) is 0.680. The van der Waals surface area contributed by atoms with Gasteiger partial charge in [-0.3, -0.25) is 9.59 Å². The highest BCUT2D eigenvalue weighted by Gasteiger charge is 2.55. The number of epoxide rings is 1. The van der Waals surface area contributed by atoms with Gasteiger partial charge in [0.2, 0.25) is 0 Å². The van der Waals surface area contributed by atoms with E-state index in [9.17, 15) is 14.7 Å². The maximum atomic E-state index is 12.4. The van der Waals surface area contributed by atoms with Crippen molar-refractivity contribution in [2.45, 2.75) is 89.0 Å². The van der Waals surface area contributed by atoms with Crippen LogP contribution in [-0.2, 0) is 33.3 Å². The van der Waals surface area contributed by atoms with Crippen molar-refractivity contribution in [3.05, 3.63) is 36.0 Å². The number of hydrogen-bond donors (Lipinski definition) is 1. The average molecular weight is 493 g/mol.